The highest BCUT2D eigenvalue weighted by atomic mass is 16.2. The Morgan fingerprint density at radius 1 is 1.30 bits per heavy atom. The normalized spacial score (nSPS) is 22.9. The first kappa shape index (κ1) is 13.3. The van der Waals surface area contributed by atoms with Crippen LogP contribution in [-0.4, -0.2) is 27.9 Å². The van der Waals surface area contributed by atoms with Crippen molar-refractivity contribution in [1.29, 1.82) is 0 Å². The van der Waals surface area contributed by atoms with Crippen LogP contribution in [0.1, 0.15) is 55.9 Å². The summed E-state index contributed by atoms with van der Waals surface area (Å²) in [6.07, 6.45) is 1.85. The van der Waals surface area contributed by atoms with Gasteiger partial charge in [-0.25, -0.2) is 4.98 Å². The highest BCUT2D eigenvalue weighted by Gasteiger charge is 2.33. The second kappa shape index (κ2) is 5.01. The smallest absolute Gasteiger partial charge is 0.249 e. The van der Waals surface area contributed by atoms with Crippen molar-refractivity contribution in [2.24, 2.45) is 0 Å². The minimum Gasteiger partial charge on any atom is -0.319 e. The molecule has 0 bridgehead atoms. The van der Waals surface area contributed by atoms with E-state index in [0.29, 0.717) is 12.8 Å². The first-order chi connectivity index (χ1) is 9.58. The van der Waals surface area contributed by atoms with Gasteiger partial charge in [0, 0.05) is 37.5 Å². The van der Waals surface area contributed by atoms with Crippen LogP contribution >= 0.6 is 0 Å². The van der Waals surface area contributed by atoms with Gasteiger partial charge in [0.2, 0.25) is 11.8 Å². The van der Waals surface area contributed by atoms with E-state index in [1.165, 1.54) is 0 Å². The monoisotopic (exact) mass is 276 g/mol. The van der Waals surface area contributed by atoms with Gasteiger partial charge < -0.3 is 9.88 Å². The van der Waals surface area contributed by atoms with E-state index in [0.717, 1.165) is 36.7 Å². The van der Waals surface area contributed by atoms with Crippen LogP contribution in [0.4, 0.5) is 0 Å². The van der Waals surface area contributed by atoms with Crippen molar-refractivity contribution in [2.75, 3.05) is 6.54 Å². The number of hydrogen-bond donors (Lipinski definition) is 2. The Labute approximate surface area is 117 Å². The number of carbonyl (C=O) groups is 2. The number of piperidine rings is 1. The average Bonchev–Trinajstić information content (AvgIpc) is 2.78. The molecular weight excluding hydrogens is 256 g/mol. The Morgan fingerprint density at radius 2 is 2.10 bits per heavy atom. The topological polar surface area (TPSA) is 76.0 Å². The van der Waals surface area contributed by atoms with Gasteiger partial charge in [-0.05, 0) is 6.42 Å². The number of nitrogens with zero attached hydrogens (tertiary/aromatic N) is 2. The molecule has 3 rings (SSSR count). The molecule has 2 aliphatic heterocycles. The van der Waals surface area contributed by atoms with Crippen LogP contribution < -0.4 is 10.6 Å². The molecule has 2 N–H and O–H groups in total. The van der Waals surface area contributed by atoms with E-state index in [1.54, 1.807) is 0 Å². The van der Waals surface area contributed by atoms with Crippen LogP contribution in [0.5, 0.6) is 0 Å². The lowest BCUT2D eigenvalue weighted by molar-refractivity contribution is -0.135. The Bertz CT molecular complexity index is 562. The van der Waals surface area contributed by atoms with Gasteiger partial charge in [0.15, 0.2) is 0 Å². The summed E-state index contributed by atoms with van der Waals surface area (Å²) in [5.41, 5.74) is 2.20. The maximum atomic E-state index is 12.2. The first-order valence-corrected chi connectivity index (χ1v) is 7.22. The summed E-state index contributed by atoms with van der Waals surface area (Å²) in [5.74, 6) is 0.842. The van der Waals surface area contributed by atoms with Gasteiger partial charge in [-0.3, -0.25) is 14.9 Å². The standard InChI is InChI=1S/C14H20N4O2/c1-8(2)13-16-9-7-15-6-5-10(9)18(13)11-3-4-12(19)17-14(11)20/h8,11,15H,3-7H2,1-2H3,(H,17,19,20). The van der Waals surface area contributed by atoms with E-state index in [9.17, 15) is 9.59 Å². The number of aromatic nitrogens is 2. The second-order valence-corrected chi connectivity index (χ2v) is 5.78. The molecule has 1 unspecified atom stereocenters. The lowest BCUT2D eigenvalue weighted by Gasteiger charge is -2.27. The second-order valence-electron chi connectivity index (χ2n) is 5.78. The molecule has 1 aromatic rings. The fourth-order valence-electron chi connectivity index (χ4n) is 3.04. The minimum atomic E-state index is -0.292. The van der Waals surface area contributed by atoms with Gasteiger partial charge in [-0.2, -0.15) is 0 Å². The van der Waals surface area contributed by atoms with E-state index < -0.39 is 0 Å². The van der Waals surface area contributed by atoms with E-state index in [-0.39, 0.29) is 23.8 Å². The molecule has 6 nitrogen and oxygen atoms in total. The summed E-state index contributed by atoms with van der Waals surface area (Å²) >= 11 is 0. The van der Waals surface area contributed by atoms with Crippen molar-refractivity contribution < 1.29 is 9.59 Å². The van der Waals surface area contributed by atoms with Crippen LogP contribution in [0, 0.1) is 0 Å². The van der Waals surface area contributed by atoms with Gasteiger partial charge in [0.05, 0.1) is 5.69 Å². The lowest BCUT2D eigenvalue weighted by Crippen LogP contribution is -2.43. The van der Waals surface area contributed by atoms with Crippen LogP contribution in [0.2, 0.25) is 0 Å². The Morgan fingerprint density at radius 3 is 2.80 bits per heavy atom. The van der Waals surface area contributed by atoms with E-state index in [4.69, 9.17) is 4.98 Å². The van der Waals surface area contributed by atoms with Crippen LogP contribution in [0.25, 0.3) is 0 Å². The molecule has 2 amide bonds. The van der Waals surface area contributed by atoms with Crippen LogP contribution in [-0.2, 0) is 22.6 Å². The average molecular weight is 276 g/mol. The van der Waals surface area contributed by atoms with Crippen LogP contribution in [0.3, 0.4) is 0 Å². The van der Waals surface area contributed by atoms with Gasteiger partial charge in [0.1, 0.15) is 11.9 Å². The molecule has 0 aromatic carbocycles. The summed E-state index contributed by atoms with van der Waals surface area (Å²) < 4.78 is 2.09. The molecule has 1 aromatic heterocycles. The number of nitrogens with one attached hydrogen (secondary N) is 2. The molecule has 1 fully saturated rings. The minimum absolute atomic E-state index is 0.173. The van der Waals surface area contributed by atoms with Gasteiger partial charge in [-0.1, -0.05) is 13.8 Å². The molecule has 1 atom stereocenters. The van der Waals surface area contributed by atoms with Gasteiger partial charge >= 0.3 is 0 Å². The summed E-state index contributed by atoms with van der Waals surface area (Å²) in [6.45, 7) is 5.84. The third-order valence-corrected chi connectivity index (χ3v) is 3.99. The molecule has 3 heterocycles. The molecule has 0 saturated carbocycles. The number of hydrogen-bond acceptors (Lipinski definition) is 4. The lowest BCUT2D eigenvalue weighted by atomic mass is 10.0. The van der Waals surface area contributed by atoms with E-state index >= 15 is 0 Å². The zero-order chi connectivity index (χ0) is 14.3. The third kappa shape index (κ3) is 2.14. The van der Waals surface area contributed by atoms with E-state index in [2.05, 4.69) is 29.0 Å². The quantitative estimate of drug-likeness (QED) is 0.777. The molecule has 0 aliphatic carbocycles. The third-order valence-electron chi connectivity index (χ3n) is 3.99. The van der Waals surface area contributed by atoms with Crippen LogP contribution in [0.15, 0.2) is 0 Å². The molecule has 1 saturated heterocycles. The van der Waals surface area contributed by atoms with Crippen molar-refractivity contribution in [1.82, 2.24) is 20.2 Å². The number of fused-ring (bicyclic) bond motifs is 1. The number of carbonyl (C=O) groups excluding carboxylic acids is 2. The van der Waals surface area contributed by atoms with Crippen molar-refractivity contribution in [3.05, 3.63) is 17.2 Å². The number of imide groups is 1. The number of imidazole rings is 1. The molecule has 6 heteroatoms. The predicted molar refractivity (Wildman–Crippen MR) is 73.1 cm³/mol. The SMILES string of the molecule is CC(C)c1nc2c(n1C1CCC(=O)NC1=O)CCNC2. The molecule has 0 spiro atoms. The highest BCUT2D eigenvalue weighted by Crippen LogP contribution is 2.29. The zero-order valence-corrected chi connectivity index (χ0v) is 11.9. The number of amides is 2. The Hall–Kier alpha value is -1.69. The first-order valence-electron chi connectivity index (χ1n) is 7.22. The van der Waals surface area contributed by atoms with Crippen molar-refractivity contribution in [3.8, 4) is 0 Å². The summed E-state index contributed by atoms with van der Waals surface area (Å²) in [4.78, 5) is 28.2. The summed E-state index contributed by atoms with van der Waals surface area (Å²) in [7, 11) is 0. The molecule has 108 valence electrons. The maximum absolute atomic E-state index is 12.2. The largest absolute Gasteiger partial charge is 0.319 e. The zero-order valence-electron chi connectivity index (χ0n) is 11.9. The Balaban J connectivity index is 2.05. The molecule has 0 radical (unpaired) electrons. The van der Waals surface area contributed by atoms with E-state index in [1.807, 2.05) is 0 Å². The molecular formula is C14H20N4O2. The summed E-state index contributed by atoms with van der Waals surface area (Å²) in [5, 5.41) is 5.76. The molecule has 2 aliphatic rings. The fourth-order valence-corrected chi connectivity index (χ4v) is 3.04. The van der Waals surface area contributed by atoms with Gasteiger partial charge in [0.25, 0.3) is 0 Å². The van der Waals surface area contributed by atoms with Crippen molar-refractivity contribution >= 4 is 11.8 Å². The van der Waals surface area contributed by atoms with Gasteiger partial charge in [-0.15, -0.1) is 0 Å². The molecule has 20 heavy (non-hydrogen) atoms. The summed E-state index contributed by atoms with van der Waals surface area (Å²) in [6, 6.07) is -0.292. The maximum Gasteiger partial charge on any atom is 0.249 e. The number of rotatable bonds is 2. The van der Waals surface area contributed by atoms with Crippen molar-refractivity contribution in [2.45, 2.75) is 51.6 Å². The highest BCUT2D eigenvalue weighted by molar-refractivity contribution is 5.99. The van der Waals surface area contributed by atoms with Crippen molar-refractivity contribution in [3.63, 3.8) is 0 Å². The predicted octanol–water partition coefficient (Wildman–Crippen LogP) is 0.630. The fraction of sp³-hybridized carbons (Fsp3) is 0.643. The Kier molecular flexibility index (Phi) is 3.33.